The first-order chi connectivity index (χ1) is 6.79. The maximum absolute atomic E-state index is 9.78. The van der Waals surface area contributed by atoms with E-state index in [2.05, 4.69) is 14.9 Å². The summed E-state index contributed by atoms with van der Waals surface area (Å²) >= 11 is 0. The molecule has 4 nitrogen and oxygen atoms in total. The van der Waals surface area contributed by atoms with Crippen molar-refractivity contribution >= 4 is 5.82 Å². The van der Waals surface area contributed by atoms with E-state index in [-0.39, 0.29) is 5.75 Å². The van der Waals surface area contributed by atoms with Gasteiger partial charge in [0.2, 0.25) is 0 Å². The molecule has 0 aliphatic carbocycles. The number of rotatable bonds is 1. The van der Waals surface area contributed by atoms with Crippen LogP contribution in [0.3, 0.4) is 0 Å². The average Bonchev–Trinajstić information content (AvgIpc) is 2.23. The van der Waals surface area contributed by atoms with Gasteiger partial charge < -0.3 is 10.0 Å². The minimum atomic E-state index is 0.231. The van der Waals surface area contributed by atoms with Gasteiger partial charge in [-0.25, -0.2) is 9.97 Å². The van der Waals surface area contributed by atoms with Crippen molar-refractivity contribution in [3.63, 3.8) is 0 Å². The third-order valence-corrected chi connectivity index (χ3v) is 2.64. The van der Waals surface area contributed by atoms with Crippen molar-refractivity contribution in [3.8, 4) is 5.75 Å². The third-order valence-electron chi connectivity index (χ3n) is 2.64. The third kappa shape index (κ3) is 1.64. The van der Waals surface area contributed by atoms with Crippen LogP contribution in [0.2, 0.25) is 0 Å². The van der Waals surface area contributed by atoms with Gasteiger partial charge in [-0.05, 0) is 26.2 Å². The van der Waals surface area contributed by atoms with Crippen molar-refractivity contribution in [3.05, 3.63) is 12.0 Å². The molecule has 14 heavy (non-hydrogen) atoms. The Morgan fingerprint density at radius 2 is 1.93 bits per heavy atom. The summed E-state index contributed by atoms with van der Waals surface area (Å²) in [6, 6.07) is 0. The Balaban J connectivity index is 2.26. The van der Waals surface area contributed by atoms with Gasteiger partial charge in [0.1, 0.15) is 6.33 Å². The van der Waals surface area contributed by atoms with E-state index in [1.54, 1.807) is 6.92 Å². The Kier molecular flexibility index (Phi) is 2.52. The van der Waals surface area contributed by atoms with Crippen LogP contribution in [0, 0.1) is 6.92 Å². The molecule has 0 radical (unpaired) electrons. The maximum atomic E-state index is 9.78. The molecular formula is C10H15N3O. The van der Waals surface area contributed by atoms with E-state index in [9.17, 15) is 5.11 Å². The molecule has 1 fully saturated rings. The number of nitrogens with zero attached hydrogens (tertiary/aromatic N) is 3. The summed E-state index contributed by atoms with van der Waals surface area (Å²) in [6.07, 6.45) is 5.16. The van der Waals surface area contributed by atoms with E-state index in [1.807, 2.05) is 0 Å². The minimum absolute atomic E-state index is 0.231. The van der Waals surface area contributed by atoms with Crippen LogP contribution in [0.5, 0.6) is 5.75 Å². The lowest BCUT2D eigenvalue weighted by Gasteiger charge is -2.28. The van der Waals surface area contributed by atoms with Crippen molar-refractivity contribution in [2.45, 2.75) is 26.2 Å². The number of aromatic hydroxyl groups is 1. The van der Waals surface area contributed by atoms with Crippen LogP contribution in [0.4, 0.5) is 5.82 Å². The highest BCUT2D eigenvalue weighted by atomic mass is 16.3. The lowest BCUT2D eigenvalue weighted by molar-refractivity contribution is 0.458. The molecule has 2 heterocycles. The molecule has 1 aliphatic heterocycles. The Labute approximate surface area is 83.6 Å². The first-order valence-electron chi connectivity index (χ1n) is 5.04. The standard InChI is InChI=1S/C10H15N3O/c1-8-9(14)10(12-7-11-8)13-5-3-2-4-6-13/h7,14H,2-6H2,1H3. The van der Waals surface area contributed by atoms with Gasteiger partial charge in [0.25, 0.3) is 0 Å². The van der Waals surface area contributed by atoms with Gasteiger partial charge in [-0.2, -0.15) is 0 Å². The van der Waals surface area contributed by atoms with Crippen LogP contribution in [0.25, 0.3) is 0 Å². The molecule has 0 aromatic carbocycles. The summed E-state index contributed by atoms with van der Waals surface area (Å²) in [4.78, 5) is 10.2. The van der Waals surface area contributed by atoms with Gasteiger partial charge in [0.15, 0.2) is 11.6 Å². The van der Waals surface area contributed by atoms with Gasteiger partial charge in [-0.3, -0.25) is 0 Å². The van der Waals surface area contributed by atoms with Crippen LogP contribution in [-0.4, -0.2) is 28.2 Å². The molecule has 0 atom stereocenters. The molecular weight excluding hydrogens is 178 g/mol. The van der Waals surface area contributed by atoms with Gasteiger partial charge in [0, 0.05) is 13.1 Å². The smallest absolute Gasteiger partial charge is 0.180 e. The Morgan fingerprint density at radius 3 is 2.64 bits per heavy atom. The monoisotopic (exact) mass is 193 g/mol. The van der Waals surface area contributed by atoms with Crippen LogP contribution in [-0.2, 0) is 0 Å². The lowest BCUT2D eigenvalue weighted by atomic mass is 10.1. The van der Waals surface area contributed by atoms with E-state index >= 15 is 0 Å². The molecule has 0 bridgehead atoms. The van der Waals surface area contributed by atoms with E-state index in [0.717, 1.165) is 13.1 Å². The van der Waals surface area contributed by atoms with Crippen LogP contribution in [0.15, 0.2) is 6.33 Å². The number of aryl methyl sites for hydroxylation is 1. The Bertz CT molecular complexity index is 321. The van der Waals surface area contributed by atoms with Crippen LogP contribution < -0.4 is 4.90 Å². The molecule has 1 aliphatic rings. The highest BCUT2D eigenvalue weighted by molar-refractivity contribution is 5.53. The van der Waals surface area contributed by atoms with Crippen molar-refractivity contribution in [2.75, 3.05) is 18.0 Å². The summed E-state index contributed by atoms with van der Waals surface area (Å²) in [5.74, 6) is 0.923. The van der Waals surface area contributed by atoms with Crippen LogP contribution in [0.1, 0.15) is 25.0 Å². The quantitative estimate of drug-likeness (QED) is 0.734. The molecule has 1 N–H and O–H groups in total. The Morgan fingerprint density at radius 1 is 1.21 bits per heavy atom. The topological polar surface area (TPSA) is 49.2 Å². The molecule has 0 amide bonds. The van der Waals surface area contributed by atoms with E-state index < -0.39 is 0 Å². The molecule has 0 unspecified atom stereocenters. The zero-order valence-corrected chi connectivity index (χ0v) is 8.40. The normalized spacial score (nSPS) is 17.1. The fraction of sp³-hybridized carbons (Fsp3) is 0.600. The first kappa shape index (κ1) is 9.24. The zero-order valence-electron chi connectivity index (χ0n) is 8.40. The van der Waals surface area contributed by atoms with Gasteiger partial charge in [0.05, 0.1) is 5.69 Å². The second-order valence-electron chi connectivity index (χ2n) is 3.68. The first-order valence-corrected chi connectivity index (χ1v) is 5.04. The second-order valence-corrected chi connectivity index (χ2v) is 3.68. The van der Waals surface area contributed by atoms with Gasteiger partial charge >= 0.3 is 0 Å². The fourth-order valence-electron chi connectivity index (χ4n) is 1.79. The highest BCUT2D eigenvalue weighted by Crippen LogP contribution is 2.28. The average molecular weight is 193 g/mol. The Hall–Kier alpha value is -1.32. The second kappa shape index (κ2) is 3.82. The summed E-state index contributed by atoms with van der Waals surface area (Å²) < 4.78 is 0. The summed E-state index contributed by atoms with van der Waals surface area (Å²) in [5, 5.41) is 9.78. The molecule has 1 aromatic rings. The van der Waals surface area contributed by atoms with Crippen molar-refractivity contribution in [1.29, 1.82) is 0 Å². The number of anilines is 1. The van der Waals surface area contributed by atoms with Crippen molar-refractivity contribution < 1.29 is 5.11 Å². The molecule has 1 saturated heterocycles. The molecule has 1 aromatic heterocycles. The number of aromatic nitrogens is 2. The maximum Gasteiger partial charge on any atom is 0.180 e. The molecule has 0 spiro atoms. The summed E-state index contributed by atoms with van der Waals surface area (Å²) in [5.41, 5.74) is 0.653. The number of hydrogen-bond acceptors (Lipinski definition) is 4. The number of hydrogen-bond donors (Lipinski definition) is 1. The molecule has 4 heteroatoms. The highest BCUT2D eigenvalue weighted by Gasteiger charge is 2.16. The predicted molar refractivity (Wildman–Crippen MR) is 54.5 cm³/mol. The largest absolute Gasteiger partial charge is 0.503 e. The fourth-order valence-corrected chi connectivity index (χ4v) is 1.79. The lowest BCUT2D eigenvalue weighted by Crippen LogP contribution is -2.30. The summed E-state index contributed by atoms with van der Waals surface area (Å²) in [6.45, 7) is 3.78. The van der Waals surface area contributed by atoms with Crippen molar-refractivity contribution in [2.24, 2.45) is 0 Å². The van der Waals surface area contributed by atoms with E-state index in [1.165, 1.54) is 25.6 Å². The SMILES string of the molecule is Cc1ncnc(N2CCCCC2)c1O. The van der Waals surface area contributed by atoms with Gasteiger partial charge in [-0.15, -0.1) is 0 Å². The zero-order chi connectivity index (χ0) is 9.97. The molecule has 0 saturated carbocycles. The number of piperidine rings is 1. The van der Waals surface area contributed by atoms with E-state index in [0.29, 0.717) is 11.5 Å². The summed E-state index contributed by atoms with van der Waals surface area (Å²) in [7, 11) is 0. The van der Waals surface area contributed by atoms with Crippen molar-refractivity contribution in [1.82, 2.24) is 9.97 Å². The predicted octanol–water partition coefficient (Wildman–Crippen LogP) is 1.48. The van der Waals surface area contributed by atoms with Crippen LogP contribution >= 0.6 is 0 Å². The molecule has 76 valence electrons. The van der Waals surface area contributed by atoms with Gasteiger partial charge in [-0.1, -0.05) is 0 Å². The minimum Gasteiger partial charge on any atom is -0.503 e. The molecule has 2 rings (SSSR count). The van der Waals surface area contributed by atoms with E-state index in [4.69, 9.17) is 0 Å².